The molecular formula is C30H31NO7. The quantitative estimate of drug-likeness (QED) is 0.444. The molecule has 1 amide bonds. The first kappa shape index (κ1) is 25.8. The van der Waals surface area contributed by atoms with Crippen LogP contribution < -0.4 is 9.47 Å². The molecule has 8 heteroatoms. The summed E-state index contributed by atoms with van der Waals surface area (Å²) in [4.78, 5) is 27.8. The van der Waals surface area contributed by atoms with Crippen LogP contribution >= 0.6 is 0 Å². The first-order valence-electron chi connectivity index (χ1n) is 12.7. The summed E-state index contributed by atoms with van der Waals surface area (Å²) in [6.45, 7) is 0.391. The number of hydrogen-bond donors (Lipinski definition) is 2. The molecule has 38 heavy (non-hydrogen) atoms. The van der Waals surface area contributed by atoms with Gasteiger partial charge in [0.25, 0.3) is 5.91 Å². The van der Waals surface area contributed by atoms with Crippen LogP contribution in [-0.2, 0) is 33.9 Å². The van der Waals surface area contributed by atoms with Gasteiger partial charge in [-0.3, -0.25) is 4.79 Å². The fourth-order valence-corrected chi connectivity index (χ4v) is 5.02. The molecule has 3 aromatic carbocycles. The number of carboxylic acids is 1. The number of carbonyl (C=O) groups excluding carboxylic acids is 1. The second kappa shape index (κ2) is 11.2. The number of hydrogen-bond acceptors (Lipinski definition) is 6. The molecule has 198 valence electrons. The molecule has 2 aliphatic rings. The molecule has 5 rings (SSSR count). The molecule has 1 heterocycles. The zero-order valence-corrected chi connectivity index (χ0v) is 21.2. The van der Waals surface area contributed by atoms with Gasteiger partial charge in [-0.05, 0) is 35.6 Å². The summed E-state index contributed by atoms with van der Waals surface area (Å²) in [5, 5.41) is 19.9. The molecule has 0 aromatic heterocycles. The van der Waals surface area contributed by atoms with Crippen molar-refractivity contribution in [3.8, 4) is 11.5 Å². The highest BCUT2D eigenvalue weighted by molar-refractivity contribution is 5.88. The second-order valence-electron chi connectivity index (χ2n) is 9.71. The molecule has 1 aliphatic heterocycles. The Kier molecular flexibility index (Phi) is 7.62. The van der Waals surface area contributed by atoms with Gasteiger partial charge in [-0.2, -0.15) is 0 Å². The molecule has 8 nitrogen and oxygen atoms in total. The van der Waals surface area contributed by atoms with Gasteiger partial charge in [0.1, 0.15) is 12.6 Å². The van der Waals surface area contributed by atoms with E-state index in [1.807, 2.05) is 54.6 Å². The molecule has 0 saturated heterocycles. The number of aliphatic carboxylic acids is 1. The lowest BCUT2D eigenvalue weighted by molar-refractivity contribution is -0.167. The van der Waals surface area contributed by atoms with Gasteiger partial charge in [0.05, 0.1) is 19.3 Å². The van der Waals surface area contributed by atoms with Crippen LogP contribution in [0.5, 0.6) is 11.5 Å². The minimum absolute atomic E-state index is 0.0708. The maximum atomic E-state index is 13.9. The van der Waals surface area contributed by atoms with Crippen molar-refractivity contribution in [3.05, 3.63) is 95.1 Å². The SMILES string of the molecule is COc1ccc2c(c1OCc1ccccc1)C[C@@H](C(=O)O)N(C(=O)[C@@H](O[C@H]1C[C@@H](O)C1)c1ccccc1)C2. The average molecular weight is 518 g/mol. The zero-order chi connectivity index (χ0) is 26.6. The first-order valence-corrected chi connectivity index (χ1v) is 12.7. The fraction of sp³-hybridized carbons (Fsp3) is 0.333. The third-order valence-electron chi connectivity index (χ3n) is 7.17. The first-order chi connectivity index (χ1) is 18.4. The van der Waals surface area contributed by atoms with Gasteiger partial charge in [0.2, 0.25) is 0 Å². The Morgan fingerprint density at radius 1 is 1.00 bits per heavy atom. The molecule has 0 spiro atoms. The van der Waals surface area contributed by atoms with E-state index in [9.17, 15) is 19.8 Å². The molecule has 1 aliphatic carbocycles. The molecule has 2 N–H and O–H groups in total. The fourth-order valence-electron chi connectivity index (χ4n) is 5.02. The summed E-state index contributed by atoms with van der Waals surface area (Å²) in [6, 6.07) is 21.3. The molecule has 1 saturated carbocycles. The van der Waals surface area contributed by atoms with Crippen molar-refractivity contribution >= 4 is 11.9 Å². The van der Waals surface area contributed by atoms with Crippen LogP contribution in [-0.4, -0.2) is 52.3 Å². The molecular weight excluding hydrogens is 486 g/mol. The maximum Gasteiger partial charge on any atom is 0.326 e. The number of amides is 1. The van der Waals surface area contributed by atoms with Gasteiger partial charge >= 0.3 is 5.97 Å². The second-order valence-corrected chi connectivity index (χ2v) is 9.71. The number of nitrogens with zero attached hydrogens (tertiary/aromatic N) is 1. The van der Waals surface area contributed by atoms with Gasteiger partial charge in [0.15, 0.2) is 17.6 Å². The highest BCUT2D eigenvalue weighted by Gasteiger charge is 2.42. The van der Waals surface area contributed by atoms with Crippen LogP contribution in [0.15, 0.2) is 72.8 Å². The summed E-state index contributed by atoms with van der Waals surface area (Å²) < 4.78 is 17.8. The van der Waals surface area contributed by atoms with Crippen molar-refractivity contribution in [2.75, 3.05) is 7.11 Å². The van der Waals surface area contributed by atoms with E-state index < -0.39 is 30.1 Å². The normalized spacial score (nSPS) is 21.1. The minimum Gasteiger partial charge on any atom is -0.493 e. The summed E-state index contributed by atoms with van der Waals surface area (Å²) >= 11 is 0. The van der Waals surface area contributed by atoms with Crippen molar-refractivity contribution in [2.45, 2.75) is 56.8 Å². The zero-order valence-electron chi connectivity index (χ0n) is 21.2. The lowest BCUT2D eigenvalue weighted by Gasteiger charge is -2.39. The van der Waals surface area contributed by atoms with E-state index in [-0.39, 0.29) is 19.1 Å². The van der Waals surface area contributed by atoms with Crippen molar-refractivity contribution in [1.29, 1.82) is 0 Å². The lowest BCUT2D eigenvalue weighted by atomic mass is 9.90. The summed E-state index contributed by atoms with van der Waals surface area (Å²) in [7, 11) is 1.55. The predicted molar refractivity (Wildman–Crippen MR) is 139 cm³/mol. The Bertz CT molecular complexity index is 1270. The van der Waals surface area contributed by atoms with Gasteiger partial charge in [0, 0.05) is 18.5 Å². The van der Waals surface area contributed by atoms with E-state index in [2.05, 4.69) is 0 Å². The van der Waals surface area contributed by atoms with Gasteiger partial charge in [-0.15, -0.1) is 0 Å². The smallest absolute Gasteiger partial charge is 0.326 e. The van der Waals surface area contributed by atoms with Gasteiger partial charge in [-0.25, -0.2) is 4.79 Å². The number of rotatable bonds is 9. The summed E-state index contributed by atoms with van der Waals surface area (Å²) in [5.74, 6) is -0.519. The number of methoxy groups -OCH3 is 1. The third kappa shape index (κ3) is 5.37. The monoisotopic (exact) mass is 517 g/mol. The van der Waals surface area contributed by atoms with Crippen LogP contribution in [0.3, 0.4) is 0 Å². The third-order valence-corrected chi connectivity index (χ3v) is 7.17. The van der Waals surface area contributed by atoms with Crippen LogP contribution in [0, 0.1) is 0 Å². The number of aliphatic hydroxyl groups is 1. The number of carbonyl (C=O) groups is 2. The van der Waals surface area contributed by atoms with E-state index >= 15 is 0 Å². The molecule has 2 atom stereocenters. The van der Waals surface area contributed by atoms with E-state index in [1.54, 1.807) is 25.3 Å². The minimum atomic E-state index is -1.11. The Morgan fingerprint density at radius 3 is 2.32 bits per heavy atom. The highest BCUT2D eigenvalue weighted by atomic mass is 16.5. The number of carboxylic acid groups (broad SMARTS) is 1. The Balaban J connectivity index is 1.45. The van der Waals surface area contributed by atoms with Crippen LogP contribution in [0.25, 0.3) is 0 Å². The maximum absolute atomic E-state index is 13.9. The van der Waals surface area contributed by atoms with Crippen molar-refractivity contribution in [1.82, 2.24) is 4.90 Å². The number of benzene rings is 3. The summed E-state index contributed by atoms with van der Waals surface area (Å²) in [5.41, 5.74) is 3.13. The molecule has 0 bridgehead atoms. The van der Waals surface area contributed by atoms with E-state index in [1.165, 1.54) is 4.90 Å². The largest absolute Gasteiger partial charge is 0.493 e. The molecule has 0 unspecified atom stereocenters. The summed E-state index contributed by atoms with van der Waals surface area (Å²) in [6.07, 6.45) is -0.704. The molecule has 0 radical (unpaired) electrons. The Hall–Kier alpha value is -3.88. The highest BCUT2D eigenvalue weighted by Crippen LogP contribution is 2.40. The number of ether oxygens (including phenoxy) is 3. The lowest BCUT2D eigenvalue weighted by Crippen LogP contribution is -2.51. The van der Waals surface area contributed by atoms with Crippen molar-refractivity contribution in [3.63, 3.8) is 0 Å². The molecule has 1 fully saturated rings. The van der Waals surface area contributed by atoms with E-state index in [4.69, 9.17) is 14.2 Å². The standard InChI is InChI=1S/C30H31NO7/c1-36-26-13-12-21-17-31(29(33)27(20-10-6-3-7-11-20)38-23-14-22(32)15-23)25(30(34)35)16-24(21)28(26)37-18-19-8-4-2-5-9-19/h2-13,22-23,25,27,32H,14-18H2,1H3,(H,34,35)/t22-,23+,25-,27-/m0/s1. The van der Waals surface area contributed by atoms with E-state index in [0.717, 1.165) is 16.7 Å². The Morgan fingerprint density at radius 2 is 1.68 bits per heavy atom. The average Bonchev–Trinajstić information content (AvgIpc) is 2.93. The van der Waals surface area contributed by atoms with Gasteiger partial charge < -0.3 is 29.3 Å². The Labute approximate surface area is 221 Å². The number of fused-ring (bicyclic) bond motifs is 1. The molecule has 3 aromatic rings. The van der Waals surface area contributed by atoms with Crippen LogP contribution in [0.2, 0.25) is 0 Å². The van der Waals surface area contributed by atoms with E-state index in [0.29, 0.717) is 36.5 Å². The number of aliphatic hydroxyl groups excluding tert-OH is 1. The van der Waals surface area contributed by atoms with Gasteiger partial charge in [-0.1, -0.05) is 66.7 Å². The van der Waals surface area contributed by atoms with Crippen molar-refractivity contribution in [2.24, 2.45) is 0 Å². The van der Waals surface area contributed by atoms with Crippen LogP contribution in [0.1, 0.15) is 41.2 Å². The predicted octanol–water partition coefficient (Wildman–Crippen LogP) is 3.89. The van der Waals surface area contributed by atoms with Crippen molar-refractivity contribution < 1.29 is 34.0 Å². The van der Waals surface area contributed by atoms with Crippen LogP contribution in [0.4, 0.5) is 0 Å². The topological polar surface area (TPSA) is 106 Å².